The Hall–Kier alpha value is -2.38. The van der Waals surface area contributed by atoms with Crippen LogP contribution in [-0.2, 0) is 19.1 Å². The van der Waals surface area contributed by atoms with Crippen molar-refractivity contribution in [1.82, 2.24) is 15.5 Å². The van der Waals surface area contributed by atoms with Gasteiger partial charge in [-0.05, 0) is 57.5 Å². The van der Waals surface area contributed by atoms with Crippen LogP contribution in [0.15, 0.2) is 0 Å². The molecule has 0 spiro atoms. The highest BCUT2D eigenvalue weighted by molar-refractivity contribution is 7.99. The predicted molar refractivity (Wildman–Crippen MR) is 146 cm³/mol. The van der Waals surface area contributed by atoms with Crippen molar-refractivity contribution in [2.24, 2.45) is 11.8 Å². The third kappa shape index (κ3) is 8.31. The van der Waals surface area contributed by atoms with E-state index in [1.165, 1.54) is 4.90 Å². The van der Waals surface area contributed by atoms with E-state index in [0.717, 1.165) is 32.1 Å². The highest BCUT2D eigenvalue weighted by Crippen LogP contribution is 2.32. The van der Waals surface area contributed by atoms with Crippen LogP contribution < -0.4 is 27.3 Å². The molecule has 0 aromatic heterocycles. The summed E-state index contributed by atoms with van der Waals surface area (Å²) in [6.07, 6.45) is 4.57. The number of hydrazone groups is 1. The number of hydrazine groups is 1. The Morgan fingerprint density at radius 2 is 1.85 bits per heavy atom. The van der Waals surface area contributed by atoms with Crippen LogP contribution in [0.25, 0.3) is 0 Å². The molecule has 3 rings (SSSR count). The number of nitrogens with zero attached hydrogens (tertiary/aromatic N) is 1. The van der Waals surface area contributed by atoms with E-state index in [1.807, 2.05) is 0 Å². The van der Waals surface area contributed by atoms with Crippen molar-refractivity contribution >= 4 is 41.3 Å². The number of ether oxygens (including phenoxy) is 1. The second-order valence-electron chi connectivity index (χ2n) is 12.0. The lowest BCUT2D eigenvalue weighted by Gasteiger charge is -2.40. The van der Waals surface area contributed by atoms with Crippen LogP contribution in [0.4, 0.5) is 4.79 Å². The first-order valence-electron chi connectivity index (χ1n) is 13.9. The molecule has 1 aliphatic carbocycles. The molecule has 2 aliphatic heterocycles. The fourth-order valence-electron chi connectivity index (χ4n) is 5.76. The summed E-state index contributed by atoms with van der Waals surface area (Å²) in [6, 6.07) is -1.79. The molecule has 3 aliphatic rings. The van der Waals surface area contributed by atoms with E-state index in [1.54, 1.807) is 32.5 Å². The number of nitrogens with two attached hydrogens (primary N) is 1. The van der Waals surface area contributed by atoms with Crippen molar-refractivity contribution in [1.29, 1.82) is 0 Å². The summed E-state index contributed by atoms with van der Waals surface area (Å²) in [6.45, 7) is 5.36. The monoisotopic (exact) mass is 570 g/mol. The van der Waals surface area contributed by atoms with E-state index in [4.69, 9.17) is 10.6 Å². The molecule has 0 bridgehead atoms. The molecule has 4 amide bonds. The molecule has 1 saturated carbocycles. The summed E-state index contributed by atoms with van der Waals surface area (Å²) in [5, 5.41) is 19.0. The molecular formula is C26H46N6O6S+2. The highest BCUT2D eigenvalue weighted by atomic mass is 32.2. The molecule has 0 aromatic rings. The van der Waals surface area contributed by atoms with Gasteiger partial charge in [0.25, 0.3) is 0 Å². The van der Waals surface area contributed by atoms with Crippen LogP contribution >= 0.6 is 11.8 Å². The van der Waals surface area contributed by atoms with E-state index in [9.17, 15) is 24.3 Å². The summed E-state index contributed by atoms with van der Waals surface area (Å²) in [4.78, 5) is 53.9. The number of hydrogen-bond donors (Lipinski definition) is 6. The Morgan fingerprint density at radius 1 is 1.21 bits per heavy atom. The Balaban J connectivity index is 1.84. The lowest BCUT2D eigenvalue weighted by molar-refractivity contribution is -0.471. The zero-order chi connectivity index (χ0) is 28.8. The molecule has 3 atom stereocenters. The van der Waals surface area contributed by atoms with Crippen molar-refractivity contribution in [3.8, 4) is 0 Å². The topological polar surface area (TPSA) is 193 Å². The van der Waals surface area contributed by atoms with Crippen molar-refractivity contribution < 1.29 is 39.9 Å². The van der Waals surface area contributed by atoms with E-state index in [0.29, 0.717) is 36.5 Å². The highest BCUT2D eigenvalue weighted by Gasteiger charge is 2.49. The first-order chi connectivity index (χ1) is 18.3. The van der Waals surface area contributed by atoms with Gasteiger partial charge in [-0.1, -0.05) is 32.1 Å². The molecule has 9 N–H and O–H groups in total. The van der Waals surface area contributed by atoms with Crippen LogP contribution in [0, 0.1) is 5.92 Å². The Morgan fingerprint density at radius 3 is 2.41 bits per heavy atom. The van der Waals surface area contributed by atoms with Gasteiger partial charge in [-0.15, -0.1) is 5.10 Å². The number of rotatable bonds is 8. The number of aliphatic hydroxyl groups excluding tert-OH is 1. The first kappa shape index (κ1) is 31.2. The Labute approximate surface area is 234 Å². The minimum absolute atomic E-state index is 0.101. The molecular weight excluding hydrogens is 524 g/mol. The SMILES string of the molecule is CC(C)(C)OC(=O)NC(CC1CCCCC1)C(=O)N1CC(=[NH+]N)CC1C(=O)NC1(C(O)C([NH3+])=O)CCSCC1. The number of amides is 4. The second kappa shape index (κ2) is 13.3. The van der Waals surface area contributed by atoms with Crippen LogP contribution in [0.5, 0.6) is 0 Å². The standard InChI is InChI=1S/C26H44N6O6S/c1-25(2,3)38-24(37)29-18(13-16-7-5-4-6-8-16)23(36)32-15-17(31-28)14-19(32)22(35)30-26(20(33)21(27)34)9-11-39-12-10-26/h16,18-20,33H,4-15,28H2,1-3H3,(H2,27,34)(H,29,37)(H,30,35)/p+2. The van der Waals surface area contributed by atoms with E-state index in [-0.39, 0.29) is 24.8 Å². The maximum Gasteiger partial charge on any atom is 0.408 e. The number of likely N-dealkylation sites (tertiary alicyclic amines) is 1. The number of carbonyl (C=O) groups is 4. The zero-order valence-corrected chi connectivity index (χ0v) is 24.2. The molecule has 3 fully saturated rings. The molecule has 13 heteroatoms. The number of carbonyl (C=O) groups excluding carboxylic acids is 4. The number of alkyl carbamates (subject to hydrolysis) is 1. The Kier molecular flexibility index (Phi) is 10.6. The molecule has 3 unspecified atom stereocenters. The fraction of sp³-hybridized carbons (Fsp3) is 0.808. The maximum atomic E-state index is 14.0. The van der Waals surface area contributed by atoms with Gasteiger partial charge in [0.2, 0.25) is 17.5 Å². The van der Waals surface area contributed by atoms with Gasteiger partial charge < -0.3 is 25.4 Å². The average Bonchev–Trinajstić information content (AvgIpc) is 3.32. The van der Waals surface area contributed by atoms with E-state index in [2.05, 4.69) is 21.5 Å². The minimum atomic E-state index is -1.45. The van der Waals surface area contributed by atoms with Crippen LogP contribution in [0.1, 0.15) is 78.6 Å². The molecule has 39 heavy (non-hydrogen) atoms. The number of thioether (sulfide) groups is 1. The summed E-state index contributed by atoms with van der Waals surface area (Å²) in [5.41, 5.74) is 2.08. The van der Waals surface area contributed by atoms with Gasteiger partial charge in [0.15, 0.2) is 6.10 Å². The first-order valence-corrected chi connectivity index (χ1v) is 15.1. The quantitative estimate of drug-likeness (QED) is 0.148. The predicted octanol–water partition coefficient (Wildman–Crippen LogP) is -1.64. The normalized spacial score (nSPS) is 24.6. The molecule has 2 heterocycles. The molecule has 2 saturated heterocycles. The van der Waals surface area contributed by atoms with Gasteiger partial charge in [0.05, 0.1) is 12.0 Å². The number of nitrogens with one attached hydrogen (secondary N) is 3. The van der Waals surface area contributed by atoms with Gasteiger partial charge in [-0.3, -0.25) is 15.3 Å². The van der Waals surface area contributed by atoms with Gasteiger partial charge in [0.1, 0.15) is 24.2 Å². The van der Waals surface area contributed by atoms with Crippen LogP contribution in [0.2, 0.25) is 0 Å². The zero-order valence-electron chi connectivity index (χ0n) is 23.4. The third-order valence-electron chi connectivity index (χ3n) is 7.84. The summed E-state index contributed by atoms with van der Waals surface area (Å²) in [7, 11) is 0. The number of quaternary nitrogens is 1. The fourth-order valence-corrected chi connectivity index (χ4v) is 6.98. The van der Waals surface area contributed by atoms with Crippen molar-refractivity contribution in [3.63, 3.8) is 0 Å². The van der Waals surface area contributed by atoms with E-state index >= 15 is 0 Å². The Bertz CT molecular complexity index is 942. The van der Waals surface area contributed by atoms with Gasteiger partial charge >= 0.3 is 12.0 Å². The van der Waals surface area contributed by atoms with Crippen LogP contribution in [-0.4, -0.2) is 86.9 Å². The molecule has 12 nitrogen and oxygen atoms in total. The largest absolute Gasteiger partial charge is 0.444 e. The summed E-state index contributed by atoms with van der Waals surface area (Å²) >= 11 is 1.68. The molecule has 220 valence electrons. The average molecular weight is 571 g/mol. The molecule has 0 aromatic carbocycles. The lowest BCUT2D eigenvalue weighted by Crippen LogP contribution is -2.80. The van der Waals surface area contributed by atoms with Crippen molar-refractivity contribution in [2.75, 3.05) is 18.1 Å². The third-order valence-corrected chi connectivity index (χ3v) is 8.82. The number of hydrogen-bond acceptors (Lipinski definition) is 8. The molecule has 0 radical (unpaired) electrons. The van der Waals surface area contributed by atoms with Crippen molar-refractivity contribution in [2.45, 2.75) is 108 Å². The van der Waals surface area contributed by atoms with Gasteiger partial charge in [0, 0.05) is 0 Å². The van der Waals surface area contributed by atoms with Gasteiger partial charge in [-0.25, -0.2) is 15.4 Å². The van der Waals surface area contributed by atoms with Gasteiger partial charge in [-0.2, -0.15) is 11.8 Å². The second-order valence-corrected chi connectivity index (χ2v) is 13.2. The summed E-state index contributed by atoms with van der Waals surface area (Å²) < 4.78 is 5.44. The number of aliphatic hydroxyl groups is 1. The van der Waals surface area contributed by atoms with E-state index < -0.39 is 47.2 Å². The minimum Gasteiger partial charge on any atom is -0.444 e. The maximum absolute atomic E-state index is 14.0. The van der Waals surface area contributed by atoms with Crippen LogP contribution in [0.3, 0.4) is 0 Å². The van der Waals surface area contributed by atoms with Crippen molar-refractivity contribution in [3.05, 3.63) is 0 Å². The lowest BCUT2D eigenvalue weighted by atomic mass is 9.84. The summed E-state index contributed by atoms with van der Waals surface area (Å²) in [5.74, 6) is 5.77. The smallest absolute Gasteiger partial charge is 0.408 e.